The van der Waals surface area contributed by atoms with E-state index >= 15 is 0 Å². The SMILES string of the molecule is CC(CN)CCCNc1ccc2c(n1)CCC2. The number of anilines is 1. The minimum atomic E-state index is 0.629. The van der Waals surface area contributed by atoms with Crippen LogP contribution in [0, 0.1) is 5.92 Å². The molecule has 17 heavy (non-hydrogen) atoms. The average molecular weight is 233 g/mol. The van der Waals surface area contributed by atoms with Crippen LogP contribution < -0.4 is 11.1 Å². The van der Waals surface area contributed by atoms with Crippen LogP contribution in [-0.2, 0) is 12.8 Å². The number of pyridine rings is 1. The van der Waals surface area contributed by atoms with Crippen LogP contribution in [0.5, 0.6) is 0 Å². The van der Waals surface area contributed by atoms with Gasteiger partial charge in [-0.2, -0.15) is 0 Å². The lowest BCUT2D eigenvalue weighted by atomic mass is 10.1. The van der Waals surface area contributed by atoms with E-state index in [0.717, 1.165) is 31.7 Å². The van der Waals surface area contributed by atoms with Crippen molar-refractivity contribution < 1.29 is 0 Å². The highest BCUT2D eigenvalue weighted by Gasteiger charge is 2.11. The maximum atomic E-state index is 5.59. The molecule has 3 nitrogen and oxygen atoms in total. The summed E-state index contributed by atoms with van der Waals surface area (Å²) < 4.78 is 0. The number of fused-ring (bicyclic) bond motifs is 1. The van der Waals surface area contributed by atoms with Crippen LogP contribution in [0.25, 0.3) is 0 Å². The first-order valence-corrected chi connectivity index (χ1v) is 6.72. The Labute approximate surface area is 104 Å². The molecule has 0 saturated heterocycles. The summed E-state index contributed by atoms with van der Waals surface area (Å²) in [6.45, 7) is 3.99. The second-order valence-electron chi connectivity index (χ2n) is 5.07. The Kier molecular flexibility index (Phi) is 4.37. The standard InChI is InChI=1S/C14H23N3/c1-11(10-15)4-3-9-16-14-8-7-12-5-2-6-13(12)17-14/h7-8,11H,2-6,9-10,15H2,1H3,(H,16,17). The van der Waals surface area contributed by atoms with Crippen molar-refractivity contribution in [1.82, 2.24) is 4.98 Å². The molecule has 2 rings (SSSR count). The maximum Gasteiger partial charge on any atom is 0.126 e. The third-order valence-corrected chi connectivity index (χ3v) is 3.51. The first-order chi connectivity index (χ1) is 8.29. The molecule has 1 aliphatic rings. The van der Waals surface area contributed by atoms with E-state index in [1.165, 1.54) is 30.5 Å². The first-order valence-electron chi connectivity index (χ1n) is 6.72. The van der Waals surface area contributed by atoms with Crippen LogP contribution in [0.3, 0.4) is 0 Å². The molecule has 1 aromatic rings. The van der Waals surface area contributed by atoms with Gasteiger partial charge < -0.3 is 11.1 Å². The molecular weight excluding hydrogens is 210 g/mol. The highest BCUT2D eigenvalue weighted by atomic mass is 15.0. The van der Waals surface area contributed by atoms with E-state index < -0.39 is 0 Å². The molecule has 0 spiro atoms. The monoisotopic (exact) mass is 233 g/mol. The molecule has 94 valence electrons. The van der Waals surface area contributed by atoms with Crippen molar-refractivity contribution in [3.8, 4) is 0 Å². The Morgan fingerprint density at radius 2 is 2.29 bits per heavy atom. The normalized spacial score (nSPS) is 15.6. The van der Waals surface area contributed by atoms with E-state index in [9.17, 15) is 0 Å². The number of nitrogens with zero attached hydrogens (tertiary/aromatic N) is 1. The fourth-order valence-corrected chi connectivity index (χ4v) is 2.30. The Morgan fingerprint density at radius 3 is 3.12 bits per heavy atom. The molecular formula is C14H23N3. The number of nitrogens with one attached hydrogen (secondary N) is 1. The minimum Gasteiger partial charge on any atom is -0.370 e. The van der Waals surface area contributed by atoms with E-state index in [0.29, 0.717) is 5.92 Å². The van der Waals surface area contributed by atoms with Gasteiger partial charge >= 0.3 is 0 Å². The van der Waals surface area contributed by atoms with Gasteiger partial charge in [-0.15, -0.1) is 0 Å². The van der Waals surface area contributed by atoms with E-state index in [4.69, 9.17) is 5.73 Å². The third-order valence-electron chi connectivity index (χ3n) is 3.51. The molecule has 1 heterocycles. The Morgan fingerprint density at radius 1 is 1.41 bits per heavy atom. The summed E-state index contributed by atoms with van der Waals surface area (Å²) >= 11 is 0. The molecule has 0 radical (unpaired) electrons. The van der Waals surface area contributed by atoms with Crippen LogP contribution in [0.4, 0.5) is 5.82 Å². The highest BCUT2D eigenvalue weighted by Crippen LogP contribution is 2.21. The van der Waals surface area contributed by atoms with Gasteiger partial charge in [0.1, 0.15) is 5.82 Å². The molecule has 0 aliphatic heterocycles. The predicted octanol–water partition coefficient (Wildman–Crippen LogP) is 2.36. The maximum absolute atomic E-state index is 5.59. The minimum absolute atomic E-state index is 0.629. The van der Waals surface area contributed by atoms with Crippen molar-refractivity contribution in [3.63, 3.8) is 0 Å². The van der Waals surface area contributed by atoms with Crippen molar-refractivity contribution in [2.24, 2.45) is 11.7 Å². The highest BCUT2D eigenvalue weighted by molar-refractivity contribution is 5.40. The number of aryl methyl sites for hydroxylation is 2. The fraction of sp³-hybridized carbons (Fsp3) is 0.643. The van der Waals surface area contributed by atoms with E-state index in [1.807, 2.05) is 0 Å². The second kappa shape index (κ2) is 6.01. The molecule has 1 aromatic heterocycles. The number of hydrogen-bond acceptors (Lipinski definition) is 3. The van der Waals surface area contributed by atoms with Crippen LogP contribution >= 0.6 is 0 Å². The van der Waals surface area contributed by atoms with Crippen LogP contribution in [0.1, 0.15) is 37.4 Å². The second-order valence-corrected chi connectivity index (χ2v) is 5.07. The molecule has 0 saturated carbocycles. The smallest absolute Gasteiger partial charge is 0.126 e. The summed E-state index contributed by atoms with van der Waals surface area (Å²) in [6, 6.07) is 4.33. The summed E-state index contributed by atoms with van der Waals surface area (Å²) in [5.74, 6) is 1.66. The molecule has 1 aliphatic carbocycles. The zero-order valence-electron chi connectivity index (χ0n) is 10.7. The number of nitrogens with two attached hydrogens (primary N) is 1. The van der Waals surface area contributed by atoms with E-state index in [-0.39, 0.29) is 0 Å². The van der Waals surface area contributed by atoms with Crippen LogP contribution in [0.15, 0.2) is 12.1 Å². The molecule has 0 bridgehead atoms. The molecule has 1 atom stereocenters. The molecule has 3 N–H and O–H groups in total. The lowest BCUT2D eigenvalue weighted by Gasteiger charge is -2.10. The lowest BCUT2D eigenvalue weighted by molar-refractivity contribution is 0.529. The summed E-state index contributed by atoms with van der Waals surface area (Å²) in [6.07, 6.45) is 5.97. The first kappa shape index (κ1) is 12.4. The van der Waals surface area contributed by atoms with Gasteiger partial charge in [-0.05, 0) is 56.2 Å². The predicted molar refractivity (Wildman–Crippen MR) is 72.2 cm³/mol. The van der Waals surface area contributed by atoms with Crippen molar-refractivity contribution in [1.29, 1.82) is 0 Å². The van der Waals surface area contributed by atoms with Gasteiger partial charge in [0.15, 0.2) is 0 Å². The Hall–Kier alpha value is -1.09. The molecule has 0 aromatic carbocycles. The van der Waals surface area contributed by atoms with Gasteiger partial charge in [0.05, 0.1) is 0 Å². The largest absolute Gasteiger partial charge is 0.370 e. The van der Waals surface area contributed by atoms with Crippen LogP contribution in [-0.4, -0.2) is 18.1 Å². The summed E-state index contributed by atoms with van der Waals surface area (Å²) in [4.78, 5) is 4.65. The Balaban J connectivity index is 1.76. The average Bonchev–Trinajstić information content (AvgIpc) is 2.81. The zero-order valence-corrected chi connectivity index (χ0v) is 10.7. The number of rotatable bonds is 6. The van der Waals surface area contributed by atoms with Gasteiger partial charge in [0.25, 0.3) is 0 Å². The molecule has 3 heteroatoms. The molecule has 0 fully saturated rings. The van der Waals surface area contributed by atoms with E-state index in [1.54, 1.807) is 0 Å². The van der Waals surface area contributed by atoms with Crippen molar-refractivity contribution in [2.45, 2.75) is 39.0 Å². The number of hydrogen-bond donors (Lipinski definition) is 2. The Bertz CT molecular complexity index is 362. The molecule has 1 unspecified atom stereocenters. The van der Waals surface area contributed by atoms with Gasteiger partial charge in [-0.1, -0.05) is 13.0 Å². The van der Waals surface area contributed by atoms with E-state index in [2.05, 4.69) is 29.4 Å². The van der Waals surface area contributed by atoms with Crippen LogP contribution in [0.2, 0.25) is 0 Å². The van der Waals surface area contributed by atoms with Crippen molar-refractivity contribution in [3.05, 3.63) is 23.4 Å². The van der Waals surface area contributed by atoms with Crippen molar-refractivity contribution in [2.75, 3.05) is 18.4 Å². The topological polar surface area (TPSA) is 50.9 Å². The van der Waals surface area contributed by atoms with Gasteiger partial charge in [-0.3, -0.25) is 0 Å². The quantitative estimate of drug-likeness (QED) is 0.742. The van der Waals surface area contributed by atoms with Gasteiger partial charge in [0.2, 0.25) is 0 Å². The third kappa shape index (κ3) is 3.43. The van der Waals surface area contributed by atoms with Gasteiger partial charge in [-0.25, -0.2) is 4.98 Å². The molecule has 0 amide bonds. The number of aromatic nitrogens is 1. The zero-order chi connectivity index (χ0) is 12.1. The fourth-order valence-electron chi connectivity index (χ4n) is 2.30. The summed E-state index contributed by atoms with van der Waals surface area (Å²) in [5.41, 5.74) is 8.33. The lowest BCUT2D eigenvalue weighted by Crippen LogP contribution is -2.12. The summed E-state index contributed by atoms with van der Waals surface area (Å²) in [7, 11) is 0. The van der Waals surface area contributed by atoms with Gasteiger partial charge in [0, 0.05) is 12.2 Å². The van der Waals surface area contributed by atoms with Crippen molar-refractivity contribution >= 4 is 5.82 Å². The summed E-state index contributed by atoms with van der Waals surface area (Å²) in [5, 5.41) is 3.40.